The van der Waals surface area contributed by atoms with Gasteiger partial charge in [-0.2, -0.15) is 0 Å². The van der Waals surface area contributed by atoms with E-state index in [9.17, 15) is 14.4 Å². The van der Waals surface area contributed by atoms with Gasteiger partial charge < -0.3 is 10.2 Å². The standard InChI is InChI=1S/C16H19N3O3S/c1-10-11(2)23-16(22)19(10)9-14(20)17-13-7-5-6-12(8-13)15(21)18(3)4/h5-8H,9H2,1-4H3,(H,17,20). The summed E-state index contributed by atoms with van der Waals surface area (Å²) in [5.41, 5.74) is 1.82. The number of thiazole rings is 1. The summed E-state index contributed by atoms with van der Waals surface area (Å²) in [5, 5.41) is 2.72. The zero-order valence-corrected chi connectivity index (χ0v) is 14.4. The zero-order valence-electron chi connectivity index (χ0n) is 13.5. The van der Waals surface area contributed by atoms with Gasteiger partial charge in [0.2, 0.25) is 5.91 Å². The lowest BCUT2D eigenvalue weighted by atomic mass is 10.2. The second-order valence-corrected chi connectivity index (χ2v) is 6.59. The molecule has 0 bridgehead atoms. The van der Waals surface area contributed by atoms with Gasteiger partial charge in [0, 0.05) is 35.9 Å². The third-order valence-corrected chi connectivity index (χ3v) is 4.47. The van der Waals surface area contributed by atoms with Gasteiger partial charge in [0.05, 0.1) is 0 Å². The van der Waals surface area contributed by atoms with Crippen molar-refractivity contribution in [2.24, 2.45) is 0 Å². The molecular weight excluding hydrogens is 314 g/mol. The van der Waals surface area contributed by atoms with E-state index < -0.39 is 0 Å². The molecule has 0 aliphatic heterocycles. The van der Waals surface area contributed by atoms with Crippen LogP contribution in [0.2, 0.25) is 0 Å². The number of rotatable bonds is 4. The van der Waals surface area contributed by atoms with Crippen molar-refractivity contribution in [2.45, 2.75) is 20.4 Å². The summed E-state index contributed by atoms with van der Waals surface area (Å²) in [7, 11) is 3.34. The Hall–Kier alpha value is -2.41. The molecule has 2 aromatic rings. The van der Waals surface area contributed by atoms with Gasteiger partial charge in [0.25, 0.3) is 5.91 Å². The van der Waals surface area contributed by atoms with Gasteiger partial charge in [-0.25, -0.2) is 0 Å². The van der Waals surface area contributed by atoms with Crippen LogP contribution in [0.15, 0.2) is 29.1 Å². The SMILES string of the molecule is Cc1sc(=O)n(CC(=O)Nc2cccc(C(=O)N(C)C)c2)c1C. The van der Waals surface area contributed by atoms with Crippen molar-refractivity contribution < 1.29 is 9.59 Å². The number of anilines is 1. The number of carbonyl (C=O) groups is 2. The van der Waals surface area contributed by atoms with Crippen LogP contribution in [-0.2, 0) is 11.3 Å². The summed E-state index contributed by atoms with van der Waals surface area (Å²) < 4.78 is 1.45. The first-order valence-corrected chi connectivity index (χ1v) is 7.89. The number of carbonyl (C=O) groups excluding carboxylic acids is 2. The fraction of sp³-hybridized carbons (Fsp3) is 0.312. The molecule has 0 unspecified atom stereocenters. The summed E-state index contributed by atoms with van der Waals surface area (Å²) in [4.78, 5) is 38.1. The molecule has 6 nitrogen and oxygen atoms in total. The molecule has 0 aliphatic carbocycles. The fourth-order valence-corrected chi connectivity index (χ4v) is 2.93. The third-order valence-electron chi connectivity index (χ3n) is 3.48. The molecule has 0 atom stereocenters. The molecule has 1 N–H and O–H groups in total. The minimum atomic E-state index is -0.303. The second kappa shape index (κ2) is 6.78. The highest BCUT2D eigenvalue weighted by Crippen LogP contribution is 2.13. The number of hydrogen-bond acceptors (Lipinski definition) is 4. The molecule has 2 rings (SSSR count). The smallest absolute Gasteiger partial charge is 0.308 e. The van der Waals surface area contributed by atoms with E-state index in [1.807, 2.05) is 13.8 Å². The van der Waals surface area contributed by atoms with Crippen molar-refractivity contribution in [1.82, 2.24) is 9.47 Å². The molecule has 2 amide bonds. The molecule has 7 heteroatoms. The molecular formula is C16H19N3O3S. The maximum atomic E-state index is 12.1. The van der Waals surface area contributed by atoms with E-state index in [2.05, 4.69) is 5.32 Å². The number of nitrogens with zero attached hydrogens (tertiary/aromatic N) is 2. The summed E-state index contributed by atoms with van der Waals surface area (Å²) in [6, 6.07) is 6.72. The number of benzene rings is 1. The molecule has 0 spiro atoms. The van der Waals surface area contributed by atoms with Crippen molar-refractivity contribution in [2.75, 3.05) is 19.4 Å². The molecule has 23 heavy (non-hydrogen) atoms. The molecule has 122 valence electrons. The van der Waals surface area contributed by atoms with Crippen LogP contribution < -0.4 is 10.2 Å². The Morgan fingerprint density at radius 1 is 1.26 bits per heavy atom. The average Bonchev–Trinajstić information content (AvgIpc) is 2.73. The third kappa shape index (κ3) is 3.87. The molecule has 0 aliphatic rings. The lowest BCUT2D eigenvalue weighted by molar-refractivity contribution is -0.116. The quantitative estimate of drug-likeness (QED) is 0.928. The maximum Gasteiger partial charge on any atom is 0.308 e. The summed E-state index contributed by atoms with van der Waals surface area (Å²) in [6.07, 6.45) is 0. The largest absolute Gasteiger partial charge is 0.345 e. The van der Waals surface area contributed by atoms with Crippen molar-refractivity contribution in [3.8, 4) is 0 Å². The van der Waals surface area contributed by atoms with E-state index >= 15 is 0 Å². The Bertz CT molecular complexity index is 805. The molecule has 0 fully saturated rings. The van der Waals surface area contributed by atoms with Crippen LogP contribution in [0.5, 0.6) is 0 Å². The van der Waals surface area contributed by atoms with Crippen molar-refractivity contribution in [3.63, 3.8) is 0 Å². The first kappa shape index (κ1) is 17.0. The van der Waals surface area contributed by atoms with Crippen LogP contribution in [0.4, 0.5) is 5.69 Å². The lowest BCUT2D eigenvalue weighted by Crippen LogP contribution is -2.25. The highest BCUT2D eigenvalue weighted by atomic mass is 32.1. The van der Waals surface area contributed by atoms with Crippen LogP contribution in [-0.4, -0.2) is 35.4 Å². The highest BCUT2D eigenvalue weighted by molar-refractivity contribution is 7.09. The van der Waals surface area contributed by atoms with E-state index in [1.165, 1.54) is 9.47 Å². The van der Waals surface area contributed by atoms with Crippen molar-refractivity contribution in [3.05, 3.63) is 50.1 Å². The predicted octanol–water partition coefficient (Wildman–Crippen LogP) is 1.87. The number of nitrogens with one attached hydrogen (secondary N) is 1. The second-order valence-electron chi connectivity index (χ2n) is 5.42. The number of aryl methyl sites for hydroxylation is 1. The maximum absolute atomic E-state index is 12.1. The Kier molecular flexibility index (Phi) is 5.00. The topological polar surface area (TPSA) is 71.4 Å². The minimum Gasteiger partial charge on any atom is -0.345 e. The normalized spacial score (nSPS) is 10.4. The van der Waals surface area contributed by atoms with Gasteiger partial charge >= 0.3 is 4.87 Å². The monoisotopic (exact) mass is 333 g/mol. The first-order valence-electron chi connectivity index (χ1n) is 7.08. The van der Waals surface area contributed by atoms with Crippen LogP contribution in [0.25, 0.3) is 0 Å². The minimum absolute atomic E-state index is 0.0408. The van der Waals surface area contributed by atoms with E-state index in [0.29, 0.717) is 11.3 Å². The highest BCUT2D eigenvalue weighted by Gasteiger charge is 2.13. The molecule has 0 radical (unpaired) electrons. The first-order chi connectivity index (χ1) is 10.8. The van der Waals surface area contributed by atoms with Gasteiger partial charge in [-0.05, 0) is 32.0 Å². The lowest BCUT2D eigenvalue weighted by Gasteiger charge is -2.12. The van der Waals surface area contributed by atoms with Gasteiger partial charge in [-0.3, -0.25) is 19.0 Å². The molecule has 1 heterocycles. The average molecular weight is 333 g/mol. The summed E-state index contributed by atoms with van der Waals surface area (Å²) in [5.74, 6) is -0.441. The number of amides is 2. The van der Waals surface area contributed by atoms with Gasteiger partial charge in [0.1, 0.15) is 6.54 Å². The number of hydrogen-bond donors (Lipinski definition) is 1. The van der Waals surface area contributed by atoms with E-state index in [-0.39, 0.29) is 23.2 Å². The van der Waals surface area contributed by atoms with E-state index in [1.54, 1.807) is 38.4 Å². The Balaban J connectivity index is 2.13. The summed E-state index contributed by atoms with van der Waals surface area (Å²) in [6.45, 7) is 3.63. The Morgan fingerprint density at radius 2 is 1.96 bits per heavy atom. The zero-order chi connectivity index (χ0) is 17.1. The number of aromatic nitrogens is 1. The fourth-order valence-electron chi connectivity index (χ4n) is 2.10. The van der Waals surface area contributed by atoms with Crippen LogP contribution in [0.1, 0.15) is 20.9 Å². The Labute approximate surface area is 138 Å². The van der Waals surface area contributed by atoms with Gasteiger partial charge in [0.15, 0.2) is 0 Å². The van der Waals surface area contributed by atoms with E-state index in [0.717, 1.165) is 21.9 Å². The van der Waals surface area contributed by atoms with Gasteiger partial charge in [-0.15, -0.1) is 0 Å². The molecule has 0 saturated carbocycles. The van der Waals surface area contributed by atoms with Crippen LogP contribution in [0.3, 0.4) is 0 Å². The Morgan fingerprint density at radius 3 is 2.52 bits per heavy atom. The molecule has 0 saturated heterocycles. The van der Waals surface area contributed by atoms with Crippen molar-refractivity contribution >= 4 is 28.8 Å². The molecule has 1 aromatic carbocycles. The summed E-state index contributed by atoms with van der Waals surface area (Å²) >= 11 is 1.13. The van der Waals surface area contributed by atoms with Crippen LogP contribution >= 0.6 is 11.3 Å². The molecule has 1 aromatic heterocycles. The van der Waals surface area contributed by atoms with Crippen molar-refractivity contribution in [1.29, 1.82) is 0 Å². The van der Waals surface area contributed by atoms with Gasteiger partial charge in [-0.1, -0.05) is 17.4 Å². The van der Waals surface area contributed by atoms with Crippen LogP contribution in [0, 0.1) is 13.8 Å². The van der Waals surface area contributed by atoms with E-state index in [4.69, 9.17) is 0 Å². The predicted molar refractivity (Wildman–Crippen MR) is 91.1 cm³/mol.